The summed E-state index contributed by atoms with van der Waals surface area (Å²) in [4.78, 5) is 25.5. The van der Waals surface area contributed by atoms with Gasteiger partial charge in [0.2, 0.25) is 0 Å². The predicted molar refractivity (Wildman–Crippen MR) is 81.8 cm³/mol. The summed E-state index contributed by atoms with van der Waals surface area (Å²) in [6.07, 6.45) is 1.40. The summed E-state index contributed by atoms with van der Waals surface area (Å²) in [5.41, 5.74) is 2.73. The molecule has 22 heavy (non-hydrogen) atoms. The molecule has 1 aliphatic rings. The third kappa shape index (κ3) is 3.87. The van der Waals surface area contributed by atoms with Gasteiger partial charge in [-0.05, 0) is 18.4 Å². The molecule has 0 unspecified atom stereocenters. The monoisotopic (exact) mass is 303 g/mol. The largest absolute Gasteiger partial charge is 0.469 e. The molecule has 1 aliphatic heterocycles. The Balaban J connectivity index is 2.16. The molecule has 0 radical (unpaired) electrons. The summed E-state index contributed by atoms with van der Waals surface area (Å²) >= 11 is 0. The van der Waals surface area contributed by atoms with Gasteiger partial charge in [0.25, 0.3) is 0 Å². The molecular weight excluding hydrogens is 282 g/mol. The zero-order valence-electron chi connectivity index (χ0n) is 13.0. The Morgan fingerprint density at radius 3 is 2.50 bits per heavy atom. The van der Waals surface area contributed by atoms with Crippen LogP contribution in [-0.2, 0) is 25.6 Å². The molecule has 0 spiro atoms. The molecule has 0 saturated heterocycles. The van der Waals surface area contributed by atoms with Crippen LogP contribution in [0.15, 0.2) is 41.6 Å². The minimum atomic E-state index is -0.310. The zero-order chi connectivity index (χ0) is 15.9. The van der Waals surface area contributed by atoms with Gasteiger partial charge in [-0.1, -0.05) is 30.3 Å². The topological polar surface area (TPSA) is 55.8 Å². The first-order valence-corrected chi connectivity index (χ1v) is 7.31. The maximum Gasteiger partial charge on any atom is 0.335 e. The molecule has 0 saturated carbocycles. The highest BCUT2D eigenvalue weighted by molar-refractivity contribution is 5.89. The Hall–Kier alpha value is -2.30. The van der Waals surface area contributed by atoms with Crippen molar-refractivity contribution in [2.45, 2.75) is 25.8 Å². The van der Waals surface area contributed by atoms with E-state index in [0.29, 0.717) is 18.4 Å². The van der Waals surface area contributed by atoms with Gasteiger partial charge in [-0.15, -0.1) is 0 Å². The second kappa shape index (κ2) is 7.64. The fourth-order valence-electron chi connectivity index (χ4n) is 2.67. The lowest BCUT2D eigenvalue weighted by atomic mass is 10.1. The molecule has 0 amide bonds. The van der Waals surface area contributed by atoms with Crippen LogP contribution >= 0.6 is 0 Å². The second-order valence-corrected chi connectivity index (χ2v) is 5.15. The number of carbonyl (C=O) groups excluding carboxylic acids is 2. The molecule has 0 bridgehead atoms. The van der Waals surface area contributed by atoms with Crippen LogP contribution in [0.4, 0.5) is 0 Å². The number of benzene rings is 1. The van der Waals surface area contributed by atoms with Crippen LogP contribution in [-0.4, -0.2) is 37.6 Å². The number of methoxy groups -OCH3 is 2. The molecule has 5 nitrogen and oxygen atoms in total. The van der Waals surface area contributed by atoms with Crippen LogP contribution in [0, 0.1) is 0 Å². The Morgan fingerprint density at radius 1 is 1.14 bits per heavy atom. The molecule has 1 aromatic rings. The van der Waals surface area contributed by atoms with E-state index in [2.05, 4.69) is 9.64 Å². The molecule has 0 aliphatic carbocycles. The fourth-order valence-corrected chi connectivity index (χ4v) is 2.67. The van der Waals surface area contributed by atoms with Crippen LogP contribution in [0.3, 0.4) is 0 Å². The summed E-state index contributed by atoms with van der Waals surface area (Å²) in [5.74, 6) is -0.585. The van der Waals surface area contributed by atoms with Crippen LogP contribution in [0.5, 0.6) is 0 Å². The number of ether oxygens (including phenoxy) is 2. The summed E-state index contributed by atoms with van der Waals surface area (Å²) < 4.78 is 9.55. The van der Waals surface area contributed by atoms with Crippen LogP contribution in [0.2, 0.25) is 0 Å². The van der Waals surface area contributed by atoms with E-state index < -0.39 is 0 Å². The van der Waals surface area contributed by atoms with E-state index in [1.165, 1.54) is 19.8 Å². The van der Waals surface area contributed by atoms with Crippen molar-refractivity contribution in [3.63, 3.8) is 0 Å². The van der Waals surface area contributed by atoms with Crippen molar-refractivity contribution in [1.82, 2.24) is 4.90 Å². The van der Waals surface area contributed by atoms with Crippen molar-refractivity contribution in [2.75, 3.05) is 20.8 Å². The van der Waals surface area contributed by atoms with Crippen LogP contribution in [0.25, 0.3) is 0 Å². The molecule has 0 fully saturated rings. The maximum absolute atomic E-state index is 11.9. The van der Waals surface area contributed by atoms with Gasteiger partial charge >= 0.3 is 11.9 Å². The number of carbonyl (C=O) groups is 2. The molecule has 2 rings (SSSR count). The minimum Gasteiger partial charge on any atom is -0.469 e. The molecule has 0 N–H and O–H groups in total. The molecule has 5 heteroatoms. The SMILES string of the molecule is COC(=O)CCC1=C(C(=O)OC)CCN1Cc1ccccc1. The lowest BCUT2D eigenvalue weighted by Crippen LogP contribution is -2.20. The Kier molecular flexibility index (Phi) is 5.58. The second-order valence-electron chi connectivity index (χ2n) is 5.15. The molecule has 1 heterocycles. The number of rotatable bonds is 6. The van der Waals surface area contributed by atoms with Gasteiger partial charge < -0.3 is 14.4 Å². The standard InChI is InChI=1S/C17H21NO4/c1-21-16(19)9-8-15-14(17(20)22-2)10-11-18(15)12-13-6-4-3-5-7-13/h3-7H,8-12H2,1-2H3. The van der Waals surface area contributed by atoms with Gasteiger partial charge in [0.15, 0.2) is 0 Å². The molecule has 1 aromatic carbocycles. The van der Waals surface area contributed by atoms with Gasteiger partial charge in [-0.25, -0.2) is 4.79 Å². The van der Waals surface area contributed by atoms with Crippen molar-refractivity contribution in [3.8, 4) is 0 Å². The number of hydrogen-bond acceptors (Lipinski definition) is 5. The van der Waals surface area contributed by atoms with Gasteiger partial charge in [0.05, 0.1) is 26.2 Å². The minimum absolute atomic E-state index is 0.262. The summed E-state index contributed by atoms with van der Waals surface area (Å²) in [6.45, 7) is 1.48. The number of allylic oxidation sites excluding steroid dienone is 1. The van der Waals surface area contributed by atoms with E-state index >= 15 is 0 Å². The van der Waals surface area contributed by atoms with Crippen LogP contribution in [0.1, 0.15) is 24.8 Å². The van der Waals surface area contributed by atoms with Gasteiger partial charge in [0, 0.05) is 18.8 Å². The molecule has 0 atom stereocenters. The quantitative estimate of drug-likeness (QED) is 0.755. The van der Waals surface area contributed by atoms with Gasteiger partial charge in [-0.3, -0.25) is 4.79 Å². The zero-order valence-corrected chi connectivity index (χ0v) is 13.0. The fraction of sp³-hybridized carbons (Fsp3) is 0.412. The highest BCUT2D eigenvalue weighted by Crippen LogP contribution is 2.29. The van der Waals surface area contributed by atoms with Crippen molar-refractivity contribution < 1.29 is 19.1 Å². The normalized spacial score (nSPS) is 14.2. The third-order valence-corrected chi connectivity index (χ3v) is 3.80. The number of hydrogen-bond donors (Lipinski definition) is 0. The Bertz CT molecular complexity index is 565. The Labute approximate surface area is 130 Å². The van der Waals surface area contributed by atoms with E-state index in [1.807, 2.05) is 30.3 Å². The Morgan fingerprint density at radius 2 is 1.86 bits per heavy atom. The molecular formula is C17H21NO4. The average molecular weight is 303 g/mol. The number of nitrogens with zero attached hydrogens (tertiary/aromatic N) is 1. The van der Waals surface area contributed by atoms with Crippen molar-refractivity contribution >= 4 is 11.9 Å². The maximum atomic E-state index is 11.9. The van der Waals surface area contributed by atoms with Crippen molar-refractivity contribution in [2.24, 2.45) is 0 Å². The first-order chi connectivity index (χ1) is 10.7. The van der Waals surface area contributed by atoms with E-state index in [0.717, 1.165) is 18.8 Å². The lowest BCUT2D eigenvalue weighted by Gasteiger charge is -2.22. The van der Waals surface area contributed by atoms with E-state index in [9.17, 15) is 9.59 Å². The van der Waals surface area contributed by atoms with Crippen molar-refractivity contribution in [1.29, 1.82) is 0 Å². The average Bonchev–Trinajstić information content (AvgIpc) is 2.95. The summed E-state index contributed by atoms with van der Waals surface area (Å²) in [6, 6.07) is 10.1. The first-order valence-electron chi connectivity index (χ1n) is 7.31. The highest BCUT2D eigenvalue weighted by Gasteiger charge is 2.27. The summed E-state index contributed by atoms with van der Waals surface area (Å²) in [7, 11) is 2.75. The first kappa shape index (κ1) is 16.1. The van der Waals surface area contributed by atoms with Gasteiger partial charge in [0.1, 0.15) is 0 Å². The highest BCUT2D eigenvalue weighted by atomic mass is 16.5. The van der Waals surface area contributed by atoms with Gasteiger partial charge in [-0.2, -0.15) is 0 Å². The summed E-state index contributed by atoms with van der Waals surface area (Å²) in [5, 5.41) is 0. The van der Waals surface area contributed by atoms with Crippen LogP contribution < -0.4 is 0 Å². The van der Waals surface area contributed by atoms with E-state index in [1.54, 1.807) is 0 Å². The predicted octanol–water partition coefficient (Wildman–Crippen LogP) is 2.27. The van der Waals surface area contributed by atoms with Crippen molar-refractivity contribution in [3.05, 3.63) is 47.2 Å². The smallest absolute Gasteiger partial charge is 0.335 e. The van der Waals surface area contributed by atoms with E-state index in [-0.39, 0.29) is 18.4 Å². The molecule has 118 valence electrons. The third-order valence-electron chi connectivity index (χ3n) is 3.80. The van der Waals surface area contributed by atoms with E-state index in [4.69, 9.17) is 4.74 Å². The molecule has 0 aromatic heterocycles. The lowest BCUT2D eigenvalue weighted by molar-refractivity contribution is -0.141. The number of esters is 2.